The number of amides is 2. The summed E-state index contributed by atoms with van der Waals surface area (Å²) in [6, 6.07) is 3.44. The van der Waals surface area contributed by atoms with Crippen molar-refractivity contribution in [1.29, 1.82) is 0 Å². The Bertz CT molecular complexity index is 948. The second kappa shape index (κ2) is 11.9. The summed E-state index contributed by atoms with van der Waals surface area (Å²) < 4.78 is 16.0. The Labute approximate surface area is 198 Å². The highest BCUT2D eigenvalue weighted by Gasteiger charge is 2.33. The summed E-state index contributed by atoms with van der Waals surface area (Å²) >= 11 is 0. The van der Waals surface area contributed by atoms with Gasteiger partial charge < -0.3 is 24.1 Å². The maximum absolute atomic E-state index is 13.2. The Morgan fingerprint density at radius 2 is 1.97 bits per heavy atom. The number of carbonyl (C=O) groups is 3. The van der Waals surface area contributed by atoms with E-state index in [-0.39, 0.29) is 49.0 Å². The van der Waals surface area contributed by atoms with Gasteiger partial charge in [0, 0.05) is 32.3 Å². The minimum Gasteiger partial charge on any atom is -0.450 e. The Hall–Kier alpha value is -3.01. The van der Waals surface area contributed by atoms with Gasteiger partial charge in [0.1, 0.15) is 5.52 Å². The second-order valence-corrected chi connectivity index (χ2v) is 8.83. The van der Waals surface area contributed by atoms with Crippen LogP contribution in [0.15, 0.2) is 22.7 Å². The molecule has 10 nitrogen and oxygen atoms in total. The SMILES string of the molecule is O=C(NCC(C(=O)N1CCOCC1)C1CCCCC1)OCCCC(=O)c1nc2cccnc2o1. The van der Waals surface area contributed by atoms with Crippen LogP contribution in [0, 0.1) is 11.8 Å². The number of fused-ring (bicyclic) bond motifs is 1. The Kier molecular flexibility index (Phi) is 8.46. The Balaban J connectivity index is 1.21. The van der Waals surface area contributed by atoms with E-state index in [0.717, 1.165) is 25.7 Å². The molecule has 1 atom stereocenters. The zero-order chi connectivity index (χ0) is 23.8. The summed E-state index contributed by atoms with van der Waals surface area (Å²) in [5, 5.41) is 2.77. The fourth-order valence-electron chi connectivity index (χ4n) is 4.65. The van der Waals surface area contributed by atoms with E-state index in [0.29, 0.717) is 44.0 Å². The number of aromatic nitrogens is 2. The highest BCUT2D eigenvalue weighted by molar-refractivity contribution is 5.93. The molecule has 2 aliphatic rings. The number of alkyl carbamates (subject to hydrolysis) is 1. The van der Waals surface area contributed by atoms with Crippen molar-refractivity contribution in [3.63, 3.8) is 0 Å². The highest BCUT2D eigenvalue weighted by Crippen LogP contribution is 2.31. The fraction of sp³-hybridized carbons (Fsp3) is 0.625. The zero-order valence-electron chi connectivity index (χ0n) is 19.4. The second-order valence-electron chi connectivity index (χ2n) is 8.83. The number of Topliss-reactive ketones (excluding diaryl/α,β-unsaturated/α-hetero) is 1. The van der Waals surface area contributed by atoms with Crippen LogP contribution in [0.4, 0.5) is 4.79 Å². The number of ether oxygens (including phenoxy) is 2. The van der Waals surface area contributed by atoms with E-state index in [2.05, 4.69) is 15.3 Å². The van der Waals surface area contributed by atoms with Crippen molar-refractivity contribution < 1.29 is 28.3 Å². The largest absolute Gasteiger partial charge is 0.450 e. The van der Waals surface area contributed by atoms with Crippen molar-refractivity contribution in [1.82, 2.24) is 20.2 Å². The number of hydrogen-bond acceptors (Lipinski definition) is 8. The van der Waals surface area contributed by atoms with Crippen molar-refractivity contribution >= 4 is 29.0 Å². The monoisotopic (exact) mass is 472 g/mol. The van der Waals surface area contributed by atoms with Crippen molar-refractivity contribution in [3.8, 4) is 0 Å². The molecule has 184 valence electrons. The van der Waals surface area contributed by atoms with Gasteiger partial charge in [-0.3, -0.25) is 9.59 Å². The number of morpholine rings is 1. The fourth-order valence-corrected chi connectivity index (χ4v) is 4.65. The molecule has 1 unspecified atom stereocenters. The molecule has 34 heavy (non-hydrogen) atoms. The van der Waals surface area contributed by atoms with Crippen LogP contribution in [0.25, 0.3) is 11.2 Å². The summed E-state index contributed by atoms with van der Waals surface area (Å²) in [5.41, 5.74) is 0.848. The molecule has 2 aromatic heterocycles. The van der Waals surface area contributed by atoms with E-state index < -0.39 is 6.09 Å². The lowest BCUT2D eigenvalue weighted by Crippen LogP contribution is -2.49. The molecule has 1 aliphatic heterocycles. The van der Waals surface area contributed by atoms with E-state index in [4.69, 9.17) is 13.9 Å². The lowest BCUT2D eigenvalue weighted by Gasteiger charge is -2.35. The van der Waals surface area contributed by atoms with E-state index >= 15 is 0 Å². The van der Waals surface area contributed by atoms with Crippen LogP contribution in [0.5, 0.6) is 0 Å². The van der Waals surface area contributed by atoms with Crippen molar-refractivity contribution in [2.75, 3.05) is 39.5 Å². The van der Waals surface area contributed by atoms with E-state index in [1.165, 1.54) is 6.42 Å². The molecule has 0 bridgehead atoms. The summed E-state index contributed by atoms with van der Waals surface area (Å²) in [4.78, 5) is 47.7. The smallest absolute Gasteiger partial charge is 0.407 e. The molecule has 2 amide bonds. The molecular formula is C24H32N4O6. The van der Waals surface area contributed by atoms with Gasteiger partial charge in [0.15, 0.2) is 0 Å². The van der Waals surface area contributed by atoms with Crippen LogP contribution >= 0.6 is 0 Å². The molecular weight excluding hydrogens is 440 g/mol. The summed E-state index contributed by atoms with van der Waals surface area (Å²) in [5.74, 6) is -0.146. The maximum atomic E-state index is 13.2. The number of ketones is 1. The van der Waals surface area contributed by atoms with Crippen LogP contribution in [-0.4, -0.2) is 72.1 Å². The Morgan fingerprint density at radius 1 is 1.18 bits per heavy atom. The molecule has 4 rings (SSSR count). The Morgan fingerprint density at radius 3 is 2.74 bits per heavy atom. The van der Waals surface area contributed by atoms with E-state index in [1.807, 2.05) is 4.90 Å². The van der Waals surface area contributed by atoms with Gasteiger partial charge in [-0.25, -0.2) is 14.8 Å². The third-order valence-corrected chi connectivity index (χ3v) is 6.51. The molecule has 2 fully saturated rings. The van der Waals surface area contributed by atoms with Gasteiger partial charge in [-0.05, 0) is 37.3 Å². The minimum atomic E-state index is -0.575. The first kappa shape index (κ1) is 24.1. The predicted octanol–water partition coefficient (Wildman–Crippen LogP) is 2.97. The van der Waals surface area contributed by atoms with Gasteiger partial charge in [0.25, 0.3) is 5.89 Å². The van der Waals surface area contributed by atoms with Crippen LogP contribution < -0.4 is 5.32 Å². The van der Waals surface area contributed by atoms with E-state index in [1.54, 1.807) is 18.3 Å². The number of nitrogens with one attached hydrogen (secondary N) is 1. The molecule has 3 heterocycles. The van der Waals surface area contributed by atoms with Crippen LogP contribution in [0.2, 0.25) is 0 Å². The number of oxazole rings is 1. The zero-order valence-corrected chi connectivity index (χ0v) is 19.4. The summed E-state index contributed by atoms with van der Waals surface area (Å²) in [6.45, 7) is 2.64. The van der Waals surface area contributed by atoms with Gasteiger partial charge in [0.2, 0.25) is 17.4 Å². The average molecular weight is 473 g/mol. The van der Waals surface area contributed by atoms with Gasteiger partial charge in [0.05, 0.1) is 25.7 Å². The topological polar surface area (TPSA) is 124 Å². The molecule has 2 aromatic rings. The lowest BCUT2D eigenvalue weighted by atomic mass is 9.79. The van der Waals surface area contributed by atoms with Gasteiger partial charge in [-0.2, -0.15) is 0 Å². The van der Waals surface area contributed by atoms with Crippen molar-refractivity contribution in [2.45, 2.75) is 44.9 Å². The number of pyridine rings is 1. The average Bonchev–Trinajstić information content (AvgIpc) is 3.32. The number of carbonyl (C=O) groups excluding carboxylic acids is 3. The quantitative estimate of drug-likeness (QED) is 0.436. The minimum absolute atomic E-state index is 0.00935. The first-order chi connectivity index (χ1) is 16.6. The molecule has 1 saturated carbocycles. The first-order valence-corrected chi connectivity index (χ1v) is 12.1. The molecule has 10 heteroatoms. The van der Waals surface area contributed by atoms with Crippen LogP contribution in [0.3, 0.4) is 0 Å². The lowest BCUT2D eigenvalue weighted by molar-refractivity contribution is -0.141. The number of rotatable bonds is 9. The molecule has 0 radical (unpaired) electrons. The first-order valence-electron chi connectivity index (χ1n) is 12.1. The summed E-state index contributed by atoms with van der Waals surface area (Å²) in [6.07, 6.45) is 6.92. The number of nitrogens with zero attached hydrogens (tertiary/aromatic N) is 3. The maximum Gasteiger partial charge on any atom is 0.407 e. The van der Waals surface area contributed by atoms with Gasteiger partial charge in [-0.1, -0.05) is 19.3 Å². The third kappa shape index (κ3) is 6.31. The van der Waals surface area contributed by atoms with E-state index in [9.17, 15) is 14.4 Å². The predicted molar refractivity (Wildman–Crippen MR) is 122 cm³/mol. The van der Waals surface area contributed by atoms with Crippen molar-refractivity contribution in [2.24, 2.45) is 11.8 Å². The summed E-state index contributed by atoms with van der Waals surface area (Å²) in [7, 11) is 0. The molecule has 0 aromatic carbocycles. The van der Waals surface area contributed by atoms with Crippen molar-refractivity contribution in [3.05, 3.63) is 24.2 Å². The third-order valence-electron chi connectivity index (χ3n) is 6.51. The van der Waals surface area contributed by atoms with Crippen LogP contribution in [0.1, 0.15) is 55.6 Å². The van der Waals surface area contributed by atoms with Gasteiger partial charge in [-0.15, -0.1) is 0 Å². The molecule has 1 aliphatic carbocycles. The normalized spacial score (nSPS) is 17.9. The molecule has 1 saturated heterocycles. The standard InChI is InChI=1S/C24H32N4O6/c29-20(22-27-19-8-4-10-25-21(19)34-22)9-5-13-33-24(31)26-16-18(17-6-2-1-3-7-17)23(30)28-11-14-32-15-12-28/h4,8,10,17-18H,1-3,5-7,9,11-16H2,(H,26,31). The van der Waals surface area contributed by atoms with Crippen LogP contribution in [-0.2, 0) is 14.3 Å². The van der Waals surface area contributed by atoms with Gasteiger partial charge >= 0.3 is 6.09 Å². The number of hydrogen-bond donors (Lipinski definition) is 1. The molecule has 0 spiro atoms. The highest BCUT2D eigenvalue weighted by atomic mass is 16.5. The molecule has 1 N–H and O–H groups in total.